The zero-order valence-corrected chi connectivity index (χ0v) is 21.4. The van der Waals surface area contributed by atoms with Crippen molar-refractivity contribution in [1.29, 1.82) is 0 Å². The summed E-state index contributed by atoms with van der Waals surface area (Å²) in [4.78, 5) is 22.1. The molecule has 0 saturated carbocycles. The Labute approximate surface area is 198 Å². The van der Waals surface area contributed by atoms with Crippen molar-refractivity contribution < 1.29 is 13.2 Å². The molecule has 0 spiro atoms. The lowest BCUT2D eigenvalue weighted by Gasteiger charge is -2.43. The summed E-state index contributed by atoms with van der Waals surface area (Å²) in [5.74, 6) is 0.404. The number of aromatic nitrogens is 2. The third kappa shape index (κ3) is 5.27. The topological polar surface area (TPSA) is 86.4 Å². The van der Waals surface area contributed by atoms with Gasteiger partial charge in [0, 0.05) is 50.4 Å². The Morgan fingerprint density at radius 3 is 2.45 bits per heavy atom. The highest BCUT2D eigenvalue weighted by molar-refractivity contribution is 7.89. The van der Waals surface area contributed by atoms with E-state index >= 15 is 0 Å². The lowest BCUT2D eigenvalue weighted by Crippen LogP contribution is -2.60. The largest absolute Gasteiger partial charge is 0.346 e. The SMILES string of the molecule is CC(C)(C)CC(C)(C)CC(=O)N1CC(S(=O)(=O)N2CCC(c3c[nH]c4ncccc34)CC2)C1. The number of nitrogens with one attached hydrogen (secondary N) is 1. The van der Waals surface area contributed by atoms with Crippen LogP contribution in [0.1, 0.15) is 71.8 Å². The summed E-state index contributed by atoms with van der Waals surface area (Å²) in [6.45, 7) is 12.5. The number of hydrogen-bond donors (Lipinski definition) is 1. The molecule has 1 N–H and O–H groups in total. The molecule has 2 aromatic heterocycles. The third-order valence-electron chi connectivity index (χ3n) is 7.00. The van der Waals surface area contributed by atoms with Crippen LogP contribution in [0.2, 0.25) is 0 Å². The van der Waals surface area contributed by atoms with E-state index in [0.717, 1.165) is 30.3 Å². The van der Waals surface area contributed by atoms with Crippen molar-refractivity contribution >= 4 is 27.0 Å². The van der Waals surface area contributed by atoms with Gasteiger partial charge in [0.25, 0.3) is 0 Å². The van der Waals surface area contributed by atoms with E-state index < -0.39 is 15.3 Å². The van der Waals surface area contributed by atoms with Gasteiger partial charge < -0.3 is 9.88 Å². The van der Waals surface area contributed by atoms with Gasteiger partial charge in [-0.2, -0.15) is 0 Å². The van der Waals surface area contributed by atoms with E-state index in [1.165, 1.54) is 5.56 Å². The van der Waals surface area contributed by atoms with E-state index in [2.05, 4.69) is 50.7 Å². The van der Waals surface area contributed by atoms with Crippen molar-refractivity contribution in [1.82, 2.24) is 19.2 Å². The van der Waals surface area contributed by atoms with E-state index in [1.807, 2.05) is 12.3 Å². The summed E-state index contributed by atoms with van der Waals surface area (Å²) in [6.07, 6.45) is 6.80. The number of pyridine rings is 1. The first-order chi connectivity index (χ1) is 15.4. The van der Waals surface area contributed by atoms with E-state index in [4.69, 9.17) is 0 Å². The average Bonchev–Trinajstić information content (AvgIpc) is 3.08. The number of fused-ring (bicyclic) bond motifs is 1. The zero-order valence-electron chi connectivity index (χ0n) is 20.6. The van der Waals surface area contributed by atoms with E-state index in [0.29, 0.717) is 38.5 Å². The van der Waals surface area contributed by atoms with Gasteiger partial charge in [0.05, 0.1) is 0 Å². The smallest absolute Gasteiger partial charge is 0.223 e. The molecule has 1 amide bonds. The highest BCUT2D eigenvalue weighted by Crippen LogP contribution is 2.38. The summed E-state index contributed by atoms with van der Waals surface area (Å²) < 4.78 is 28.0. The zero-order chi connectivity index (χ0) is 24.0. The van der Waals surface area contributed by atoms with Crippen molar-refractivity contribution in [2.75, 3.05) is 26.2 Å². The molecule has 8 heteroatoms. The number of carbonyl (C=O) groups is 1. The minimum absolute atomic E-state index is 0.0716. The Bertz CT molecular complexity index is 1100. The maximum absolute atomic E-state index is 13.2. The second-order valence-electron chi connectivity index (χ2n) is 11.9. The highest BCUT2D eigenvalue weighted by Gasteiger charge is 2.44. The van der Waals surface area contributed by atoms with Crippen LogP contribution in [-0.4, -0.2) is 64.9 Å². The number of sulfonamides is 1. The van der Waals surface area contributed by atoms with Crippen LogP contribution in [0.4, 0.5) is 0 Å². The number of nitrogens with zero attached hydrogens (tertiary/aromatic N) is 3. The minimum atomic E-state index is -3.38. The summed E-state index contributed by atoms with van der Waals surface area (Å²) in [7, 11) is -3.38. The Balaban J connectivity index is 1.30. The second kappa shape index (κ2) is 8.69. The molecule has 182 valence electrons. The molecule has 2 aliphatic rings. The Morgan fingerprint density at radius 1 is 1.15 bits per heavy atom. The van der Waals surface area contributed by atoms with Gasteiger partial charge in [-0.25, -0.2) is 17.7 Å². The number of rotatable bonds is 6. The third-order valence-corrected chi connectivity index (χ3v) is 9.22. The second-order valence-corrected chi connectivity index (χ2v) is 14.1. The molecule has 2 fully saturated rings. The maximum atomic E-state index is 13.2. The molecule has 7 nitrogen and oxygen atoms in total. The van der Waals surface area contributed by atoms with Crippen LogP contribution < -0.4 is 0 Å². The van der Waals surface area contributed by atoms with Crippen LogP contribution in [0.25, 0.3) is 11.0 Å². The van der Waals surface area contributed by atoms with Crippen molar-refractivity contribution in [3.05, 3.63) is 30.1 Å². The molecule has 33 heavy (non-hydrogen) atoms. The number of likely N-dealkylation sites (tertiary alicyclic amines) is 1. The van der Waals surface area contributed by atoms with E-state index in [-0.39, 0.29) is 16.7 Å². The summed E-state index contributed by atoms with van der Waals surface area (Å²) in [5.41, 5.74) is 2.17. The van der Waals surface area contributed by atoms with Crippen LogP contribution in [0.5, 0.6) is 0 Å². The molecule has 0 aromatic carbocycles. The number of aromatic amines is 1. The Kier molecular flexibility index (Phi) is 6.37. The molecule has 4 heterocycles. The Morgan fingerprint density at radius 2 is 1.82 bits per heavy atom. The molecule has 0 unspecified atom stereocenters. The fourth-order valence-corrected chi connectivity index (χ4v) is 7.67. The molecule has 2 aliphatic heterocycles. The van der Waals surface area contributed by atoms with Gasteiger partial charge in [0.2, 0.25) is 15.9 Å². The summed E-state index contributed by atoms with van der Waals surface area (Å²) in [5, 5.41) is 0.655. The van der Waals surface area contributed by atoms with E-state index in [1.54, 1.807) is 15.4 Å². The lowest BCUT2D eigenvalue weighted by atomic mass is 9.74. The minimum Gasteiger partial charge on any atom is -0.346 e. The summed E-state index contributed by atoms with van der Waals surface area (Å²) >= 11 is 0. The number of H-pyrrole nitrogens is 1. The van der Waals surface area contributed by atoms with Crippen molar-refractivity contribution in [3.8, 4) is 0 Å². The van der Waals surface area contributed by atoms with Gasteiger partial charge >= 0.3 is 0 Å². The fourth-order valence-electron chi connectivity index (χ4n) is 5.80. The lowest BCUT2D eigenvalue weighted by molar-refractivity contribution is -0.136. The van der Waals surface area contributed by atoms with Gasteiger partial charge in [0.15, 0.2) is 0 Å². The van der Waals surface area contributed by atoms with Crippen LogP contribution in [-0.2, 0) is 14.8 Å². The first-order valence-electron chi connectivity index (χ1n) is 12.0. The molecule has 0 aliphatic carbocycles. The predicted molar refractivity (Wildman–Crippen MR) is 131 cm³/mol. The molecular formula is C25H38N4O3S. The van der Waals surface area contributed by atoms with Gasteiger partial charge in [-0.1, -0.05) is 34.6 Å². The highest BCUT2D eigenvalue weighted by atomic mass is 32.2. The number of hydrogen-bond acceptors (Lipinski definition) is 4. The van der Waals surface area contributed by atoms with Gasteiger partial charge in [-0.15, -0.1) is 0 Å². The summed E-state index contributed by atoms with van der Waals surface area (Å²) in [6, 6.07) is 4.01. The quantitative estimate of drug-likeness (QED) is 0.682. The standard InChI is InChI=1S/C25H38N4O3S/c1-24(2,3)17-25(4,5)13-22(30)28-15-19(16-28)33(31,32)29-11-8-18(9-12-29)21-14-27-23-20(21)7-6-10-26-23/h6-7,10,14,18-19H,8-9,11-13,15-17H2,1-5H3,(H,26,27). The first-order valence-corrected chi connectivity index (χ1v) is 13.5. The van der Waals surface area contributed by atoms with Gasteiger partial charge in [-0.05, 0) is 53.7 Å². The van der Waals surface area contributed by atoms with Gasteiger partial charge in [-0.3, -0.25) is 4.79 Å². The van der Waals surface area contributed by atoms with Crippen molar-refractivity contribution in [2.24, 2.45) is 10.8 Å². The number of piperidine rings is 1. The monoisotopic (exact) mass is 474 g/mol. The fraction of sp³-hybridized carbons (Fsp3) is 0.680. The predicted octanol–water partition coefficient (Wildman–Crippen LogP) is 4.14. The molecule has 0 bridgehead atoms. The normalized spacial score (nSPS) is 19.7. The van der Waals surface area contributed by atoms with Crippen LogP contribution >= 0.6 is 0 Å². The molecule has 0 radical (unpaired) electrons. The Hall–Kier alpha value is -1.93. The number of amides is 1. The van der Waals surface area contributed by atoms with Crippen LogP contribution in [0.15, 0.2) is 24.5 Å². The van der Waals surface area contributed by atoms with Gasteiger partial charge in [0.1, 0.15) is 10.9 Å². The van der Waals surface area contributed by atoms with Crippen molar-refractivity contribution in [2.45, 2.75) is 71.5 Å². The molecule has 4 rings (SSSR count). The number of carbonyl (C=O) groups excluding carboxylic acids is 1. The van der Waals surface area contributed by atoms with Crippen LogP contribution in [0.3, 0.4) is 0 Å². The molecule has 0 atom stereocenters. The van der Waals surface area contributed by atoms with E-state index in [9.17, 15) is 13.2 Å². The molecular weight excluding hydrogens is 436 g/mol. The molecule has 2 saturated heterocycles. The first kappa shape index (κ1) is 24.2. The maximum Gasteiger partial charge on any atom is 0.223 e. The van der Waals surface area contributed by atoms with Crippen molar-refractivity contribution in [3.63, 3.8) is 0 Å². The average molecular weight is 475 g/mol. The molecule has 2 aromatic rings. The van der Waals surface area contributed by atoms with Crippen LogP contribution in [0, 0.1) is 10.8 Å².